The number of benzene rings is 1. The molecule has 0 saturated heterocycles. The quantitative estimate of drug-likeness (QED) is 0.446. The van der Waals surface area contributed by atoms with E-state index in [4.69, 9.17) is 8.85 Å². The summed E-state index contributed by atoms with van der Waals surface area (Å²) in [5.74, 6) is 0.913. The summed E-state index contributed by atoms with van der Waals surface area (Å²) in [4.78, 5) is 0. The molecule has 0 heterocycles. The van der Waals surface area contributed by atoms with Gasteiger partial charge in [-0.05, 0) is 40.4 Å². The van der Waals surface area contributed by atoms with Crippen LogP contribution in [0.15, 0.2) is 30.3 Å². The Balaban J connectivity index is 2.59. The minimum absolute atomic E-state index is 0.913. The molecule has 1 aromatic rings. The standard InChI is InChI=1S/C11H17IO2Si/c1-3-4-10-15(12,13-2)14-11-8-6-5-7-9-11/h5-9H,3-4,10H2,1-2H3. The first kappa shape index (κ1) is 13.0. The lowest BCUT2D eigenvalue weighted by atomic mass is 10.3. The summed E-state index contributed by atoms with van der Waals surface area (Å²) in [6.45, 7) is 2.18. The molecule has 0 amide bonds. The Morgan fingerprint density at radius 2 is 1.93 bits per heavy atom. The van der Waals surface area contributed by atoms with Crippen LogP contribution in [-0.4, -0.2) is 13.2 Å². The fraction of sp³-hybridized carbons (Fsp3) is 0.455. The molecule has 0 aliphatic carbocycles. The summed E-state index contributed by atoms with van der Waals surface area (Å²) >= 11 is 2.36. The lowest BCUT2D eigenvalue weighted by Crippen LogP contribution is -2.37. The second kappa shape index (κ2) is 6.50. The number of halogens is 1. The Bertz CT molecular complexity index is 281. The second-order valence-electron chi connectivity index (χ2n) is 3.38. The highest BCUT2D eigenvalue weighted by atomic mass is 127. The molecule has 15 heavy (non-hydrogen) atoms. The van der Waals surface area contributed by atoms with Crippen molar-refractivity contribution >= 4 is 27.9 Å². The van der Waals surface area contributed by atoms with Crippen LogP contribution in [0, 0.1) is 0 Å². The third kappa shape index (κ3) is 4.52. The van der Waals surface area contributed by atoms with E-state index in [-0.39, 0.29) is 0 Å². The third-order valence-corrected chi connectivity index (χ3v) is 7.85. The van der Waals surface area contributed by atoms with E-state index in [2.05, 4.69) is 28.7 Å². The first-order chi connectivity index (χ1) is 7.20. The van der Waals surface area contributed by atoms with E-state index < -0.39 is 6.06 Å². The van der Waals surface area contributed by atoms with Gasteiger partial charge in [0.05, 0.1) is 0 Å². The molecular formula is C11H17IO2Si. The van der Waals surface area contributed by atoms with E-state index in [0.29, 0.717) is 0 Å². The summed E-state index contributed by atoms with van der Waals surface area (Å²) in [5, 5.41) is 0. The van der Waals surface area contributed by atoms with Gasteiger partial charge in [0.2, 0.25) is 0 Å². The van der Waals surface area contributed by atoms with E-state index in [0.717, 1.165) is 18.2 Å². The molecule has 0 saturated carbocycles. The molecule has 0 radical (unpaired) electrons. The summed E-state index contributed by atoms with van der Waals surface area (Å²) < 4.78 is 11.5. The van der Waals surface area contributed by atoms with Gasteiger partial charge < -0.3 is 8.85 Å². The molecule has 2 nitrogen and oxygen atoms in total. The van der Waals surface area contributed by atoms with Crippen molar-refractivity contribution in [2.75, 3.05) is 7.11 Å². The molecule has 1 atom stereocenters. The van der Waals surface area contributed by atoms with Gasteiger partial charge >= 0.3 is 6.06 Å². The van der Waals surface area contributed by atoms with Crippen molar-refractivity contribution in [2.24, 2.45) is 0 Å². The van der Waals surface area contributed by atoms with Gasteiger partial charge in [-0.15, -0.1) is 0 Å². The molecule has 1 aromatic carbocycles. The Morgan fingerprint density at radius 3 is 2.47 bits per heavy atom. The normalized spacial score (nSPS) is 14.6. The van der Waals surface area contributed by atoms with Crippen molar-refractivity contribution in [3.63, 3.8) is 0 Å². The van der Waals surface area contributed by atoms with Crippen molar-refractivity contribution < 1.29 is 8.85 Å². The van der Waals surface area contributed by atoms with E-state index in [9.17, 15) is 0 Å². The topological polar surface area (TPSA) is 18.5 Å². The maximum absolute atomic E-state index is 5.96. The molecular weight excluding hydrogens is 319 g/mol. The SMILES string of the molecule is CCCC[Si](I)(OC)Oc1ccccc1. The van der Waals surface area contributed by atoms with Crippen LogP contribution >= 0.6 is 21.8 Å². The monoisotopic (exact) mass is 336 g/mol. The fourth-order valence-electron chi connectivity index (χ4n) is 1.25. The highest BCUT2D eigenvalue weighted by molar-refractivity contribution is 14.1. The third-order valence-electron chi connectivity index (χ3n) is 2.15. The first-order valence-corrected chi connectivity index (χ1v) is 10.3. The number of hydrogen-bond donors (Lipinski definition) is 0. The molecule has 1 rings (SSSR count). The lowest BCUT2D eigenvalue weighted by Gasteiger charge is -2.23. The highest BCUT2D eigenvalue weighted by Gasteiger charge is 2.34. The van der Waals surface area contributed by atoms with Crippen LogP contribution in [0.1, 0.15) is 19.8 Å². The zero-order valence-corrected chi connectivity index (χ0v) is 12.4. The van der Waals surface area contributed by atoms with E-state index in [1.165, 1.54) is 6.42 Å². The molecule has 0 fully saturated rings. The maximum Gasteiger partial charge on any atom is 0.468 e. The van der Waals surface area contributed by atoms with Gasteiger partial charge in [-0.1, -0.05) is 31.5 Å². The number of unbranched alkanes of at least 4 members (excludes halogenated alkanes) is 1. The molecule has 0 aliphatic heterocycles. The van der Waals surface area contributed by atoms with E-state index >= 15 is 0 Å². The van der Waals surface area contributed by atoms with Gasteiger partial charge in [-0.3, -0.25) is 0 Å². The van der Waals surface area contributed by atoms with Crippen molar-refractivity contribution in [1.82, 2.24) is 0 Å². The Morgan fingerprint density at radius 1 is 1.27 bits per heavy atom. The van der Waals surface area contributed by atoms with Crippen molar-refractivity contribution in [1.29, 1.82) is 0 Å². The Hall–Kier alpha value is -0.0731. The van der Waals surface area contributed by atoms with Crippen LogP contribution in [0.25, 0.3) is 0 Å². The van der Waals surface area contributed by atoms with Crippen molar-refractivity contribution in [2.45, 2.75) is 25.8 Å². The second-order valence-corrected chi connectivity index (χ2v) is 10.7. The van der Waals surface area contributed by atoms with Crippen LogP contribution in [0.3, 0.4) is 0 Å². The molecule has 0 N–H and O–H groups in total. The predicted molar refractivity (Wildman–Crippen MR) is 73.6 cm³/mol. The molecule has 0 aromatic heterocycles. The van der Waals surface area contributed by atoms with Crippen LogP contribution in [0.4, 0.5) is 0 Å². The number of rotatable bonds is 6. The molecule has 1 unspecified atom stereocenters. The zero-order chi connectivity index (χ0) is 11.1. The molecule has 0 aliphatic rings. The molecule has 84 valence electrons. The Labute approximate surface area is 105 Å². The molecule has 0 bridgehead atoms. The highest BCUT2D eigenvalue weighted by Crippen LogP contribution is 2.26. The largest absolute Gasteiger partial charge is 0.513 e. The van der Waals surface area contributed by atoms with Crippen LogP contribution < -0.4 is 4.43 Å². The smallest absolute Gasteiger partial charge is 0.468 e. The summed E-state index contributed by atoms with van der Waals surface area (Å²) in [7, 11) is 1.75. The summed E-state index contributed by atoms with van der Waals surface area (Å²) in [6, 6.07) is 8.93. The minimum Gasteiger partial charge on any atom is -0.513 e. The first-order valence-electron chi connectivity index (χ1n) is 5.18. The maximum atomic E-state index is 5.96. The van der Waals surface area contributed by atoms with Crippen LogP contribution in [0.5, 0.6) is 5.75 Å². The fourth-order valence-corrected chi connectivity index (χ4v) is 4.81. The van der Waals surface area contributed by atoms with Gasteiger partial charge in [0, 0.05) is 13.2 Å². The number of para-hydroxylation sites is 1. The molecule has 4 heteroatoms. The molecule has 0 spiro atoms. The van der Waals surface area contributed by atoms with Gasteiger partial charge in [0.1, 0.15) is 5.75 Å². The summed E-state index contributed by atoms with van der Waals surface area (Å²) in [5.41, 5.74) is 0. The van der Waals surface area contributed by atoms with Crippen molar-refractivity contribution in [3.8, 4) is 5.75 Å². The lowest BCUT2D eigenvalue weighted by molar-refractivity contribution is 0.327. The average Bonchev–Trinajstić information content (AvgIpc) is 2.28. The van der Waals surface area contributed by atoms with E-state index in [1.807, 2.05) is 30.3 Å². The van der Waals surface area contributed by atoms with E-state index in [1.54, 1.807) is 7.11 Å². The van der Waals surface area contributed by atoms with Crippen LogP contribution in [-0.2, 0) is 4.43 Å². The average molecular weight is 336 g/mol. The van der Waals surface area contributed by atoms with Gasteiger partial charge in [0.25, 0.3) is 0 Å². The van der Waals surface area contributed by atoms with Crippen molar-refractivity contribution in [3.05, 3.63) is 30.3 Å². The predicted octanol–water partition coefficient (Wildman–Crippen LogP) is 3.89. The number of hydrogen-bond acceptors (Lipinski definition) is 2. The summed E-state index contributed by atoms with van der Waals surface area (Å²) in [6.07, 6.45) is 2.34. The van der Waals surface area contributed by atoms with Gasteiger partial charge in [-0.2, -0.15) is 0 Å². The zero-order valence-electron chi connectivity index (χ0n) is 9.20. The van der Waals surface area contributed by atoms with Gasteiger partial charge in [-0.25, -0.2) is 0 Å². The Kier molecular flexibility index (Phi) is 5.63. The van der Waals surface area contributed by atoms with Gasteiger partial charge in [0.15, 0.2) is 0 Å². The van der Waals surface area contributed by atoms with Crippen LogP contribution in [0.2, 0.25) is 6.04 Å². The minimum atomic E-state index is -2.02.